The maximum atomic E-state index is 18.3. The molecule has 0 atom stereocenters. The van der Waals surface area contributed by atoms with Crippen LogP contribution in [0.15, 0.2) is 138 Å². The van der Waals surface area contributed by atoms with Gasteiger partial charge in [0.15, 0.2) is 11.4 Å². The summed E-state index contributed by atoms with van der Waals surface area (Å²) >= 11 is 0. The summed E-state index contributed by atoms with van der Waals surface area (Å²) in [5, 5.41) is 9.36. The standard InChI is InChI=1S/C63H55BF2N2O6/c1-5-72-55(69)32-30-53-45-16-7-9-18-51(45)62-61(63-52-19-10-8-17-46(52)54(31-33-56(70)73-6-2)68(63)64(65,66)67(53)62)58-37(3)34-42(35-38(58)4)39-24-27-43(28-25-39)74-57(71)36-41-26-29-50-48-22-12-15-40-14-11-21-47(59(40)48)49-23-13-20-44(41)60(49)50/h11-15,20-35H,5-10,16-19,36H2,1-4H3/b32-30+,33-31+. The number of allylic oxidation sites excluding steroid dienone is 3. The van der Waals surface area contributed by atoms with Crippen LogP contribution in [0.4, 0.5) is 8.63 Å². The lowest BCUT2D eigenvalue weighted by molar-refractivity contribution is -0.362. The lowest BCUT2D eigenvalue weighted by Gasteiger charge is -2.35. The summed E-state index contributed by atoms with van der Waals surface area (Å²) in [6.07, 6.45) is 11.5. The van der Waals surface area contributed by atoms with E-state index in [1.807, 2.05) is 44.2 Å². The monoisotopic (exact) mass is 984 g/mol. The molecule has 8 aromatic rings. The van der Waals surface area contributed by atoms with Gasteiger partial charge in [-0.25, -0.2) is 9.59 Å². The molecule has 0 N–H and O–H groups in total. The summed E-state index contributed by atoms with van der Waals surface area (Å²) in [4.78, 5) is 39.4. The molecule has 1 aromatic heterocycles. The number of carbonyl (C=O) groups is 3. The Bertz CT molecular complexity index is 3800. The summed E-state index contributed by atoms with van der Waals surface area (Å²) in [6, 6.07) is 35.1. The number of hydrogen-bond donors (Lipinski definition) is 0. The van der Waals surface area contributed by atoms with Crippen LogP contribution in [0.25, 0.3) is 65.9 Å². The summed E-state index contributed by atoms with van der Waals surface area (Å²) in [6.45, 7) is 3.26. The van der Waals surface area contributed by atoms with Crippen molar-refractivity contribution >= 4 is 85.3 Å². The van der Waals surface area contributed by atoms with E-state index in [-0.39, 0.29) is 25.6 Å². The highest BCUT2D eigenvalue weighted by Crippen LogP contribution is 2.52. The van der Waals surface area contributed by atoms with Crippen molar-refractivity contribution < 1.29 is 41.7 Å². The zero-order valence-corrected chi connectivity index (χ0v) is 42.1. The van der Waals surface area contributed by atoms with Crippen molar-refractivity contribution in [2.75, 3.05) is 13.2 Å². The molecule has 8 nitrogen and oxygen atoms in total. The van der Waals surface area contributed by atoms with Gasteiger partial charge in [0.25, 0.3) is 0 Å². The third-order valence-corrected chi connectivity index (χ3v) is 15.7. The number of esters is 3. The second-order valence-corrected chi connectivity index (χ2v) is 20.0. The van der Waals surface area contributed by atoms with Crippen molar-refractivity contribution in [1.82, 2.24) is 4.48 Å². The van der Waals surface area contributed by atoms with Crippen molar-refractivity contribution in [2.45, 2.75) is 85.5 Å². The number of halogens is 2. The molecule has 4 aliphatic rings. The van der Waals surface area contributed by atoms with E-state index in [0.29, 0.717) is 54.2 Å². The van der Waals surface area contributed by atoms with Crippen LogP contribution in [0.3, 0.4) is 0 Å². The van der Waals surface area contributed by atoms with Gasteiger partial charge in [-0.3, -0.25) is 4.79 Å². The average molecular weight is 985 g/mol. The minimum Gasteiger partial charge on any atom is -0.463 e. The molecule has 0 spiro atoms. The van der Waals surface area contributed by atoms with Crippen LogP contribution in [0.2, 0.25) is 0 Å². The van der Waals surface area contributed by atoms with Crippen LogP contribution in [-0.2, 0) is 43.1 Å². The molecule has 0 radical (unpaired) electrons. The van der Waals surface area contributed by atoms with Gasteiger partial charge in [-0.05, 0) is 185 Å². The fourth-order valence-electron chi connectivity index (χ4n) is 12.8. The van der Waals surface area contributed by atoms with Gasteiger partial charge in [0.05, 0.1) is 25.2 Å². The van der Waals surface area contributed by atoms with E-state index < -0.39 is 18.9 Å². The number of aromatic nitrogens is 1. The molecule has 0 fully saturated rings. The zero-order chi connectivity index (χ0) is 51.0. The third-order valence-electron chi connectivity index (χ3n) is 15.7. The molecule has 74 heavy (non-hydrogen) atoms. The SMILES string of the molecule is CCOC(=O)/C=C/C1=[N+]2C(=C(c3c(C)cc(-c4ccc(OC(=O)Cc5ccc6c7cccc8cccc(c9cccc5c96)c87)cc4)cc3C)c3c4c(c(/C=C/C(=O)OCC)n3[B-]2(F)F)CCCC4)C2=C1CCCC2. The minimum absolute atomic E-state index is 0.102. The normalized spacial score (nSPS) is 16.2. The topological polar surface area (TPSA) is 86.8 Å². The van der Waals surface area contributed by atoms with Crippen molar-refractivity contribution in [3.63, 3.8) is 0 Å². The zero-order valence-electron chi connectivity index (χ0n) is 42.1. The summed E-state index contributed by atoms with van der Waals surface area (Å²) < 4.78 is 55.4. The van der Waals surface area contributed by atoms with Gasteiger partial charge >= 0.3 is 24.9 Å². The number of aryl methyl sites for hydroxylation is 2. The Labute approximate surface area is 428 Å². The first-order chi connectivity index (χ1) is 36.0. The lowest BCUT2D eigenvalue weighted by Crippen LogP contribution is -2.52. The molecule has 2 aliphatic carbocycles. The molecule has 2 aliphatic heterocycles. The first-order valence-electron chi connectivity index (χ1n) is 26.1. The Morgan fingerprint density at radius 1 is 0.649 bits per heavy atom. The number of fused-ring (bicyclic) bond motifs is 7. The van der Waals surface area contributed by atoms with Gasteiger partial charge in [0.1, 0.15) is 5.75 Å². The molecule has 12 rings (SSSR count). The summed E-state index contributed by atoms with van der Waals surface area (Å²) in [5.41, 5.74) is 11.2. The predicted octanol–water partition coefficient (Wildman–Crippen LogP) is 13.9. The molecule has 0 amide bonds. The summed E-state index contributed by atoms with van der Waals surface area (Å²) in [7, 11) is 0. The van der Waals surface area contributed by atoms with Gasteiger partial charge in [-0.15, -0.1) is 0 Å². The van der Waals surface area contributed by atoms with Crippen LogP contribution in [-0.4, -0.2) is 52.8 Å². The number of nitrogens with zero attached hydrogens (tertiary/aromatic N) is 2. The number of carbonyl (C=O) groups excluding carboxylic acids is 3. The second kappa shape index (κ2) is 18.5. The minimum atomic E-state index is -4.57. The van der Waals surface area contributed by atoms with Crippen LogP contribution in [0.5, 0.6) is 5.75 Å². The van der Waals surface area contributed by atoms with Crippen LogP contribution >= 0.6 is 0 Å². The Morgan fingerprint density at radius 2 is 1.23 bits per heavy atom. The Balaban J connectivity index is 0.917. The molecule has 0 saturated heterocycles. The average Bonchev–Trinajstić information content (AvgIpc) is 3.93. The van der Waals surface area contributed by atoms with Crippen molar-refractivity contribution in [3.8, 4) is 16.9 Å². The number of hydrogen-bond acceptors (Lipinski definition) is 6. The first kappa shape index (κ1) is 47.1. The largest absolute Gasteiger partial charge is 0.737 e. The molecule has 3 heterocycles. The molecular formula is C63H55BF2N2O6. The number of benzene rings is 7. The van der Waals surface area contributed by atoms with Crippen molar-refractivity contribution in [2.24, 2.45) is 0 Å². The molecule has 0 bridgehead atoms. The van der Waals surface area contributed by atoms with E-state index in [4.69, 9.17) is 14.2 Å². The van der Waals surface area contributed by atoms with E-state index in [1.54, 1.807) is 13.8 Å². The molecule has 0 saturated carbocycles. The van der Waals surface area contributed by atoms with E-state index in [2.05, 4.69) is 72.8 Å². The fourth-order valence-corrected chi connectivity index (χ4v) is 12.8. The third kappa shape index (κ3) is 7.61. The van der Waals surface area contributed by atoms with Gasteiger partial charge in [-0.1, -0.05) is 91.0 Å². The number of ether oxygens (including phenoxy) is 3. The lowest BCUT2D eigenvalue weighted by atomic mass is 9.78. The summed E-state index contributed by atoms with van der Waals surface area (Å²) in [5.74, 6) is -1.12. The molecule has 11 heteroatoms. The highest BCUT2D eigenvalue weighted by atomic mass is 19.2. The van der Waals surface area contributed by atoms with E-state index >= 15 is 8.63 Å². The van der Waals surface area contributed by atoms with Crippen LogP contribution in [0.1, 0.15) is 97.1 Å². The second-order valence-electron chi connectivity index (χ2n) is 20.0. The Kier molecular flexibility index (Phi) is 11.8. The quantitative estimate of drug-likeness (QED) is 0.0320. The van der Waals surface area contributed by atoms with E-state index in [9.17, 15) is 14.4 Å². The Hall–Kier alpha value is -7.92. The predicted molar refractivity (Wildman–Crippen MR) is 291 cm³/mol. The van der Waals surface area contributed by atoms with Crippen LogP contribution < -0.4 is 4.74 Å². The van der Waals surface area contributed by atoms with Gasteiger partial charge in [0, 0.05) is 40.8 Å². The van der Waals surface area contributed by atoms with Crippen molar-refractivity contribution in [1.29, 1.82) is 0 Å². The van der Waals surface area contributed by atoms with Gasteiger partial charge in [-0.2, -0.15) is 0 Å². The number of rotatable bonds is 11. The van der Waals surface area contributed by atoms with Crippen LogP contribution in [0, 0.1) is 13.8 Å². The van der Waals surface area contributed by atoms with Gasteiger partial charge in [0.2, 0.25) is 0 Å². The maximum Gasteiger partial charge on any atom is 0.737 e. The maximum absolute atomic E-state index is 18.3. The van der Waals surface area contributed by atoms with E-state index in [1.165, 1.54) is 54.8 Å². The smallest absolute Gasteiger partial charge is 0.463 e. The highest BCUT2D eigenvalue weighted by molar-refractivity contribution is 6.59. The van der Waals surface area contributed by atoms with Gasteiger partial charge < -0.3 is 31.8 Å². The molecular weight excluding hydrogens is 930 g/mol. The fraction of sp³-hybridized carbons (Fsp3) is 0.238. The first-order valence-corrected chi connectivity index (χ1v) is 26.1. The van der Waals surface area contributed by atoms with Crippen molar-refractivity contribution in [3.05, 3.63) is 183 Å². The highest BCUT2D eigenvalue weighted by Gasteiger charge is 2.58. The molecule has 370 valence electrons. The molecule has 7 aromatic carbocycles. The van der Waals surface area contributed by atoms with E-state index in [0.717, 1.165) is 108 Å². The molecule has 0 unspecified atom stereocenters. The Morgan fingerprint density at radius 3 is 1.91 bits per heavy atom.